The Balaban J connectivity index is 1.68. The van der Waals surface area contributed by atoms with E-state index in [0.717, 1.165) is 40.4 Å². The van der Waals surface area contributed by atoms with E-state index in [2.05, 4.69) is 20.2 Å². The number of amides is 1. The zero-order valence-corrected chi connectivity index (χ0v) is 15.6. The van der Waals surface area contributed by atoms with E-state index in [0.29, 0.717) is 30.5 Å². The van der Waals surface area contributed by atoms with E-state index < -0.39 is 0 Å². The van der Waals surface area contributed by atoms with E-state index >= 15 is 0 Å². The summed E-state index contributed by atoms with van der Waals surface area (Å²) in [7, 11) is 0. The monoisotopic (exact) mass is 372 g/mol. The van der Waals surface area contributed by atoms with Gasteiger partial charge < -0.3 is 19.4 Å². The number of nitrogens with zero attached hydrogens (tertiary/aromatic N) is 3. The molecule has 1 saturated heterocycles. The van der Waals surface area contributed by atoms with Crippen molar-refractivity contribution >= 4 is 33.3 Å². The fourth-order valence-corrected chi connectivity index (χ4v) is 4.24. The highest BCUT2D eigenvalue weighted by atomic mass is 32.1. The molecule has 8 heteroatoms. The summed E-state index contributed by atoms with van der Waals surface area (Å²) < 4.78 is 10.7. The highest BCUT2D eigenvalue weighted by Gasteiger charge is 2.23. The van der Waals surface area contributed by atoms with Gasteiger partial charge in [-0.1, -0.05) is 0 Å². The van der Waals surface area contributed by atoms with Gasteiger partial charge >= 0.3 is 0 Å². The van der Waals surface area contributed by atoms with Gasteiger partial charge in [-0.3, -0.25) is 4.79 Å². The Hall–Kier alpha value is -2.45. The Morgan fingerprint density at radius 3 is 2.85 bits per heavy atom. The van der Waals surface area contributed by atoms with E-state index in [1.807, 2.05) is 19.9 Å². The predicted octanol–water partition coefficient (Wildman–Crippen LogP) is 2.67. The molecule has 1 aliphatic heterocycles. The van der Waals surface area contributed by atoms with Gasteiger partial charge in [0.2, 0.25) is 0 Å². The zero-order valence-electron chi connectivity index (χ0n) is 14.7. The maximum absolute atomic E-state index is 12.7. The second-order valence-electron chi connectivity index (χ2n) is 6.19. The Bertz CT molecular complexity index is 930. The number of nitrogens with one attached hydrogen (secondary N) is 1. The summed E-state index contributed by atoms with van der Waals surface area (Å²) in [6.45, 7) is 7.16. The molecule has 1 N–H and O–H groups in total. The van der Waals surface area contributed by atoms with Crippen LogP contribution in [0, 0.1) is 13.8 Å². The van der Waals surface area contributed by atoms with E-state index in [1.165, 1.54) is 11.3 Å². The van der Waals surface area contributed by atoms with Crippen molar-refractivity contribution in [1.29, 1.82) is 0 Å². The molecule has 4 rings (SSSR count). The summed E-state index contributed by atoms with van der Waals surface area (Å²) in [5.41, 5.74) is 0.920. The lowest BCUT2D eigenvalue weighted by Crippen LogP contribution is -2.37. The lowest BCUT2D eigenvalue weighted by molar-refractivity contribution is 0.0951. The smallest absolute Gasteiger partial charge is 0.262 e. The van der Waals surface area contributed by atoms with E-state index in [-0.39, 0.29) is 5.91 Å². The molecule has 1 aliphatic rings. The molecule has 1 fully saturated rings. The molecule has 0 spiro atoms. The fraction of sp³-hybridized carbons (Fsp3) is 0.389. The number of carbonyl (C=O) groups excluding carboxylic acids is 1. The SMILES string of the molecule is Cc1nc(N2CCOCC2)c2c(C)c(C(=O)NCc3ccco3)sc2n1. The first-order valence-electron chi connectivity index (χ1n) is 8.54. The topological polar surface area (TPSA) is 80.5 Å². The van der Waals surface area contributed by atoms with E-state index in [1.54, 1.807) is 12.3 Å². The Morgan fingerprint density at radius 1 is 1.31 bits per heavy atom. The van der Waals surface area contributed by atoms with Crippen LogP contribution in [-0.4, -0.2) is 42.2 Å². The van der Waals surface area contributed by atoms with Crippen LogP contribution in [0.25, 0.3) is 10.2 Å². The predicted molar refractivity (Wildman–Crippen MR) is 99.8 cm³/mol. The molecule has 0 saturated carbocycles. The normalized spacial score (nSPS) is 14.8. The number of hydrogen-bond donors (Lipinski definition) is 1. The minimum atomic E-state index is -0.118. The quantitative estimate of drug-likeness (QED) is 0.758. The Kier molecular flexibility index (Phi) is 4.60. The molecule has 1 amide bonds. The molecule has 0 aromatic carbocycles. The van der Waals surface area contributed by atoms with Crippen LogP contribution in [0.5, 0.6) is 0 Å². The van der Waals surface area contributed by atoms with Gasteiger partial charge in [-0.05, 0) is 31.5 Å². The third-order valence-corrected chi connectivity index (χ3v) is 5.59. The first-order chi connectivity index (χ1) is 12.6. The van der Waals surface area contributed by atoms with Crippen LogP contribution in [0.2, 0.25) is 0 Å². The van der Waals surface area contributed by atoms with E-state index in [4.69, 9.17) is 9.15 Å². The number of fused-ring (bicyclic) bond motifs is 1. The lowest BCUT2D eigenvalue weighted by Gasteiger charge is -2.28. The van der Waals surface area contributed by atoms with Crippen molar-refractivity contribution in [3.8, 4) is 0 Å². The summed E-state index contributed by atoms with van der Waals surface area (Å²) in [4.78, 5) is 25.6. The molecule has 4 heterocycles. The maximum Gasteiger partial charge on any atom is 0.262 e. The number of thiophene rings is 1. The summed E-state index contributed by atoms with van der Waals surface area (Å²) in [6.07, 6.45) is 1.60. The second-order valence-corrected chi connectivity index (χ2v) is 7.19. The first kappa shape index (κ1) is 17.0. The lowest BCUT2D eigenvalue weighted by atomic mass is 10.1. The number of morpholine rings is 1. The van der Waals surface area contributed by atoms with Gasteiger partial charge in [0.05, 0.1) is 36.3 Å². The Morgan fingerprint density at radius 2 is 2.12 bits per heavy atom. The number of carbonyl (C=O) groups is 1. The van der Waals surface area contributed by atoms with Crippen LogP contribution in [0.15, 0.2) is 22.8 Å². The molecule has 3 aromatic heterocycles. The van der Waals surface area contributed by atoms with Crippen molar-refractivity contribution in [2.75, 3.05) is 31.2 Å². The number of hydrogen-bond acceptors (Lipinski definition) is 7. The number of rotatable bonds is 4. The molecule has 0 aliphatic carbocycles. The number of ether oxygens (including phenoxy) is 1. The highest BCUT2D eigenvalue weighted by molar-refractivity contribution is 7.20. The molecule has 0 radical (unpaired) electrons. The van der Waals surface area contributed by atoms with Gasteiger partial charge in [-0.2, -0.15) is 0 Å². The number of furan rings is 1. The van der Waals surface area contributed by atoms with Crippen LogP contribution in [0.4, 0.5) is 5.82 Å². The van der Waals surface area contributed by atoms with Crippen molar-refractivity contribution in [2.24, 2.45) is 0 Å². The molecule has 136 valence electrons. The molecule has 0 bridgehead atoms. The number of anilines is 1. The molecular weight excluding hydrogens is 352 g/mol. The summed E-state index contributed by atoms with van der Waals surface area (Å²) >= 11 is 1.41. The minimum Gasteiger partial charge on any atom is -0.467 e. The van der Waals surface area contributed by atoms with Crippen LogP contribution in [0.3, 0.4) is 0 Å². The summed E-state index contributed by atoms with van der Waals surface area (Å²) in [6, 6.07) is 3.64. The summed E-state index contributed by atoms with van der Waals surface area (Å²) in [5.74, 6) is 2.21. The van der Waals surface area contributed by atoms with Crippen molar-refractivity contribution < 1.29 is 13.9 Å². The average molecular weight is 372 g/mol. The number of aromatic nitrogens is 2. The maximum atomic E-state index is 12.7. The number of aryl methyl sites for hydroxylation is 2. The van der Waals surface area contributed by atoms with E-state index in [9.17, 15) is 4.79 Å². The van der Waals surface area contributed by atoms with Crippen LogP contribution in [-0.2, 0) is 11.3 Å². The standard InChI is InChI=1S/C18H20N4O3S/c1-11-14-16(22-5-8-24-9-6-22)20-12(2)21-18(14)26-15(11)17(23)19-10-13-4-3-7-25-13/h3-4,7H,5-6,8-10H2,1-2H3,(H,19,23). The van der Waals surface area contributed by atoms with Gasteiger partial charge in [0.15, 0.2) is 0 Å². The van der Waals surface area contributed by atoms with Gasteiger partial charge in [0.1, 0.15) is 22.2 Å². The van der Waals surface area contributed by atoms with Gasteiger partial charge in [-0.25, -0.2) is 9.97 Å². The largest absolute Gasteiger partial charge is 0.467 e. The minimum absolute atomic E-state index is 0.118. The van der Waals surface area contributed by atoms with Crippen LogP contribution in [0.1, 0.15) is 26.8 Å². The summed E-state index contributed by atoms with van der Waals surface area (Å²) in [5, 5.41) is 3.88. The van der Waals surface area contributed by atoms with Gasteiger partial charge in [0, 0.05) is 13.1 Å². The molecule has 7 nitrogen and oxygen atoms in total. The van der Waals surface area contributed by atoms with Gasteiger partial charge in [-0.15, -0.1) is 11.3 Å². The first-order valence-corrected chi connectivity index (χ1v) is 9.36. The van der Waals surface area contributed by atoms with Crippen LogP contribution < -0.4 is 10.2 Å². The fourth-order valence-electron chi connectivity index (χ4n) is 3.10. The molecule has 3 aromatic rings. The van der Waals surface area contributed by atoms with Crippen molar-refractivity contribution in [3.05, 3.63) is 40.4 Å². The highest BCUT2D eigenvalue weighted by Crippen LogP contribution is 2.35. The van der Waals surface area contributed by atoms with Crippen molar-refractivity contribution in [1.82, 2.24) is 15.3 Å². The molecule has 26 heavy (non-hydrogen) atoms. The molecular formula is C18H20N4O3S. The van der Waals surface area contributed by atoms with Crippen LogP contribution >= 0.6 is 11.3 Å². The molecule has 0 unspecified atom stereocenters. The third-order valence-electron chi connectivity index (χ3n) is 4.40. The average Bonchev–Trinajstić information content (AvgIpc) is 3.28. The van der Waals surface area contributed by atoms with Crippen molar-refractivity contribution in [2.45, 2.75) is 20.4 Å². The third kappa shape index (κ3) is 3.17. The zero-order chi connectivity index (χ0) is 18.1. The van der Waals surface area contributed by atoms with Crippen molar-refractivity contribution in [3.63, 3.8) is 0 Å². The molecule has 0 atom stereocenters. The Labute approximate surface area is 155 Å². The van der Waals surface area contributed by atoms with Gasteiger partial charge in [0.25, 0.3) is 5.91 Å². The second kappa shape index (κ2) is 7.05.